The Kier molecular flexibility index (Phi) is 4.82. The predicted octanol–water partition coefficient (Wildman–Crippen LogP) is 2.76. The maximum atomic E-state index is 11.3. The van der Waals surface area contributed by atoms with Crippen LogP contribution < -0.4 is 5.32 Å². The van der Waals surface area contributed by atoms with Gasteiger partial charge in [-0.15, -0.1) is 0 Å². The van der Waals surface area contributed by atoms with Crippen LogP contribution in [0.4, 0.5) is 0 Å². The van der Waals surface area contributed by atoms with Gasteiger partial charge in [-0.3, -0.25) is 4.79 Å². The van der Waals surface area contributed by atoms with E-state index in [2.05, 4.69) is 27.3 Å². The largest absolute Gasteiger partial charge is 0.356 e. The quantitative estimate of drug-likeness (QED) is 0.895. The van der Waals surface area contributed by atoms with E-state index in [0.29, 0.717) is 6.54 Å². The van der Waals surface area contributed by atoms with Gasteiger partial charge in [0.25, 0.3) is 0 Å². The zero-order chi connectivity index (χ0) is 11.3. The SMILES string of the molecule is CC(C)C(=O)NCCc1ccccc1Br. The number of carbonyl (C=O) groups excluding carboxylic acids is 1. The number of hydrogen-bond donors (Lipinski definition) is 1. The summed E-state index contributed by atoms with van der Waals surface area (Å²) in [6.07, 6.45) is 0.861. The van der Waals surface area contributed by atoms with Crippen LogP contribution >= 0.6 is 15.9 Å². The predicted molar refractivity (Wildman–Crippen MR) is 65.7 cm³/mol. The minimum atomic E-state index is 0.0595. The minimum Gasteiger partial charge on any atom is -0.356 e. The van der Waals surface area contributed by atoms with Crippen molar-refractivity contribution in [1.82, 2.24) is 5.32 Å². The van der Waals surface area contributed by atoms with Crippen molar-refractivity contribution in [3.05, 3.63) is 34.3 Å². The molecule has 1 amide bonds. The number of amides is 1. The van der Waals surface area contributed by atoms with Gasteiger partial charge in [-0.2, -0.15) is 0 Å². The van der Waals surface area contributed by atoms with Gasteiger partial charge >= 0.3 is 0 Å². The highest BCUT2D eigenvalue weighted by Crippen LogP contribution is 2.15. The van der Waals surface area contributed by atoms with Crippen molar-refractivity contribution in [2.45, 2.75) is 20.3 Å². The van der Waals surface area contributed by atoms with Gasteiger partial charge in [-0.05, 0) is 18.1 Å². The first-order chi connectivity index (χ1) is 7.11. The topological polar surface area (TPSA) is 29.1 Å². The fourth-order valence-corrected chi connectivity index (χ4v) is 1.71. The highest BCUT2D eigenvalue weighted by molar-refractivity contribution is 9.10. The van der Waals surface area contributed by atoms with Gasteiger partial charge in [0, 0.05) is 16.9 Å². The number of nitrogens with one attached hydrogen (secondary N) is 1. The molecule has 0 saturated heterocycles. The molecule has 0 bridgehead atoms. The van der Waals surface area contributed by atoms with Crippen molar-refractivity contribution >= 4 is 21.8 Å². The summed E-state index contributed by atoms with van der Waals surface area (Å²) in [5, 5.41) is 2.90. The zero-order valence-corrected chi connectivity index (χ0v) is 10.7. The van der Waals surface area contributed by atoms with Gasteiger partial charge < -0.3 is 5.32 Å². The van der Waals surface area contributed by atoms with Crippen molar-refractivity contribution in [1.29, 1.82) is 0 Å². The van der Waals surface area contributed by atoms with Gasteiger partial charge in [0.05, 0.1) is 0 Å². The zero-order valence-electron chi connectivity index (χ0n) is 9.09. The Bertz CT molecular complexity index is 336. The first kappa shape index (κ1) is 12.2. The minimum absolute atomic E-state index is 0.0595. The number of hydrogen-bond acceptors (Lipinski definition) is 1. The molecule has 0 aliphatic carbocycles. The smallest absolute Gasteiger partial charge is 0.222 e. The Hall–Kier alpha value is -0.830. The second-order valence-corrected chi connectivity index (χ2v) is 4.64. The summed E-state index contributed by atoms with van der Waals surface area (Å²) in [5.74, 6) is 0.172. The second kappa shape index (κ2) is 5.91. The molecule has 0 atom stereocenters. The van der Waals surface area contributed by atoms with Crippen LogP contribution in [0.5, 0.6) is 0 Å². The average molecular weight is 270 g/mol. The Labute approximate surface area is 99.2 Å². The summed E-state index contributed by atoms with van der Waals surface area (Å²) in [6.45, 7) is 4.49. The molecule has 0 aliphatic heterocycles. The summed E-state index contributed by atoms with van der Waals surface area (Å²) in [4.78, 5) is 11.3. The molecule has 0 spiro atoms. The first-order valence-electron chi connectivity index (χ1n) is 5.12. The fraction of sp³-hybridized carbons (Fsp3) is 0.417. The molecule has 0 aliphatic rings. The van der Waals surface area contributed by atoms with Crippen molar-refractivity contribution < 1.29 is 4.79 Å². The summed E-state index contributed by atoms with van der Waals surface area (Å²) < 4.78 is 1.10. The molecule has 0 unspecified atom stereocenters. The van der Waals surface area contributed by atoms with Crippen LogP contribution in [0.1, 0.15) is 19.4 Å². The number of carbonyl (C=O) groups is 1. The van der Waals surface area contributed by atoms with Crippen LogP contribution in [-0.2, 0) is 11.2 Å². The molecule has 1 aromatic carbocycles. The average Bonchev–Trinajstić information content (AvgIpc) is 2.20. The monoisotopic (exact) mass is 269 g/mol. The Morgan fingerprint density at radius 3 is 2.67 bits per heavy atom. The first-order valence-corrected chi connectivity index (χ1v) is 5.91. The summed E-state index contributed by atoms with van der Waals surface area (Å²) in [6, 6.07) is 8.07. The normalized spacial score (nSPS) is 10.4. The van der Waals surface area contributed by atoms with Crippen molar-refractivity contribution in [2.24, 2.45) is 5.92 Å². The Balaban J connectivity index is 2.38. The molecule has 82 valence electrons. The third kappa shape index (κ3) is 4.04. The van der Waals surface area contributed by atoms with Crippen molar-refractivity contribution in [3.63, 3.8) is 0 Å². The van der Waals surface area contributed by atoms with Crippen LogP contribution in [0, 0.1) is 5.92 Å². The van der Waals surface area contributed by atoms with E-state index in [1.807, 2.05) is 32.0 Å². The molecule has 1 rings (SSSR count). The van der Waals surface area contributed by atoms with E-state index in [0.717, 1.165) is 10.9 Å². The molecular formula is C12H16BrNO. The van der Waals surface area contributed by atoms with Crippen LogP contribution in [0.15, 0.2) is 28.7 Å². The molecule has 3 heteroatoms. The highest BCUT2D eigenvalue weighted by Gasteiger charge is 2.05. The lowest BCUT2D eigenvalue weighted by Gasteiger charge is -2.08. The summed E-state index contributed by atoms with van der Waals surface area (Å²) in [7, 11) is 0. The summed E-state index contributed by atoms with van der Waals surface area (Å²) >= 11 is 3.48. The van der Waals surface area contributed by atoms with E-state index < -0.39 is 0 Å². The Morgan fingerprint density at radius 1 is 1.40 bits per heavy atom. The van der Waals surface area contributed by atoms with E-state index in [-0.39, 0.29) is 11.8 Å². The number of benzene rings is 1. The van der Waals surface area contributed by atoms with Gasteiger partial charge in [-0.25, -0.2) is 0 Å². The van der Waals surface area contributed by atoms with Crippen molar-refractivity contribution in [3.8, 4) is 0 Å². The molecular weight excluding hydrogens is 254 g/mol. The molecule has 0 aromatic heterocycles. The molecule has 0 fully saturated rings. The number of halogens is 1. The third-order valence-electron chi connectivity index (χ3n) is 2.18. The van der Waals surface area contributed by atoms with Gasteiger partial charge in [0.2, 0.25) is 5.91 Å². The van der Waals surface area contributed by atoms with E-state index in [1.54, 1.807) is 0 Å². The lowest BCUT2D eigenvalue weighted by atomic mass is 10.1. The molecule has 1 aromatic rings. The van der Waals surface area contributed by atoms with E-state index in [9.17, 15) is 4.79 Å². The third-order valence-corrected chi connectivity index (χ3v) is 2.95. The van der Waals surface area contributed by atoms with E-state index in [1.165, 1.54) is 5.56 Å². The van der Waals surface area contributed by atoms with Crippen molar-refractivity contribution in [2.75, 3.05) is 6.54 Å². The Morgan fingerprint density at radius 2 is 2.07 bits per heavy atom. The maximum Gasteiger partial charge on any atom is 0.222 e. The molecule has 0 heterocycles. The van der Waals surface area contributed by atoms with Crippen LogP contribution in [-0.4, -0.2) is 12.5 Å². The molecule has 2 nitrogen and oxygen atoms in total. The lowest BCUT2D eigenvalue weighted by Crippen LogP contribution is -2.29. The van der Waals surface area contributed by atoms with Crippen LogP contribution in [0.3, 0.4) is 0 Å². The van der Waals surface area contributed by atoms with Gasteiger partial charge in [0.1, 0.15) is 0 Å². The van der Waals surface area contributed by atoms with Crippen LogP contribution in [0.2, 0.25) is 0 Å². The molecule has 0 radical (unpaired) electrons. The number of rotatable bonds is 4. The van der Waals surface area contributed by atoms with Crippen LogP contribution in [0.25, 0.3) is 0 Å². The summed E-state index contributed by atoms with van der Waals surface area (Å²) in [5.41, 5.74) is 1.22. The standard InChI is InChI=1S/C12H16BrNO/c1-9(2)12(15)14-8-7-10-5-3-4-6-11(10)13/h3-6,9H,7-8H2,1-2H3,(H,14,15). The fourth-order valence-electron chi connectivity index (χ4n) is 1.23. The highest BCUT2D eigenvalue weighted by atomic mass is 79.9. The van der Waals surface area contributed by atoms with E-state index in [4.69, 9.17) is 0 Å². The second-order valence-electron chi connectivity index (χ2n) is 3.79. The molecule has 15 heavy (non-hydrogen) atoms. The lowest BCUT2D eigenvalue weighted by molar-refractivity contribution is -0.123. The van der Waals surface area contributed by atoms with Gasteiger partial charge in [0.15, 0.2) is 0 Å². The van der Waals surface area contributed by atoms with Gasteiger partial charge in [-0.1, -0.05) is 48.0 Å². The molecule has 1 N–H and O–H groups in total. The maximum absolute atomic E-state index is 11.3. The molecule has 0 saturated carbocycles. The van der Waals surface area contributed by atoms with E-state index >= 15 is 0 Å².